The number of sulfonamides is 1. The monoisotopic (exact) mass is 492 g/mol. The van der Waals surface area contributed by atoms with Gasteiger partial charge in [-0.25, -0.2) is 13.1 Å². The van der Waals surface area contributed by atoms with E-state index < -0.39 is 33.4 Å². The van der Waals surface area contributed by atoms with E-state index in [9.17, 15) is 26.4 Å². The van der Waals surface area contributed by atoms with E-state index in [2.05, 4.69) is 10.4 Å². The summed E-state index contributed by atoms with van der Waals surface area (Å²) >= 11 is 0. The van der Waals surface area contributed by atoms with Crippen molar-refractivity contribution in [3.63, 3.8) is 0 Å². The number of rotatable bonds is 6. The summed E-state index contributed by atoms with van der Waals surface area (Å²) in [5.41, 5.74) is -1.39. The van der Waals surface area contributed by atoms with Gasteiger partial charge in [0.15, 0.2) is 5.69 Å². The number of aromatic nitrogens is 2. The molecule has 11 heteroatoms. The molecule has 3 aromatic rings. The number of carbonyl (C=O) groups excluding carboxylic acids is 1. The van der Waals surface area contributed by atoms with Gasteiger partial charge in [-0.2, -0.15) is 22.6 Å². The fourth-order valence-corrected chi connectivity index (χ4v) is 5.71. The molecule has 1 amide bonds. The molecular formula is C23H23F3N4O3S. The smallest absolute Gasteiger partial charge is 0.348 e. The van der Waals surface area contributed by atoms with Gasteiger partial charge in [0.2, 0.25) is 10.0 Å². The van der Waals surface area contributed by atoms with Gasteiger partial charge < -0.3 is 5.32 Å². The number of nitrogens with zero attached hydrogens (tertiary/aromatic N) is 3. The molecule has 1 fully saturated rings. The Morgan fingerprint density at radius 2 is 1.62 bits per heavy atom. The molecule has 0 unspecified atom stereocenters. The molecule has 34 heavy (non-hydrogen) atoms. The van der Waals surface area contributed by atoms with Crippen molar-refractivity contribution in [2.24, 2.45) is 0 Å². The van der Waals surface area contributed by atoms with E-state index >= 15 is 0 Å². The van der Waals surface area contributed by atoms with Gasteiger partial charge in [-0.05, 0) is 36.6 Å². The molecule has 1 aliphatic heterocycles. The minimum Gasteiger partial charge on any atom is -0.348 e. The first-order chi connectivity index (χ1) is 16.2. The highest BCUT2D eigenvalue weighted by atomic mass is 32.2. The van der Waals surface area contributed by atoms with Crippen molar-refractivity contribution >= 4 is 15.9 Å². The molecule has 1 saturated heterocycles. The summed E-state index contributed by atoms with van der Waals surface area (Å²) in [7, 11) is -3.78. The SMILES string of the molecule is O=C(NCc1ccccc1S(=O)(=O)N1CCCCC1)c1cnn(-c2ccccc2)c1C(F)(F)F. The number of nitrogens with one attached hydrogen (secondary N) is 1. The second-order valence-corrected chi connectivity index (χ2v) is 9.81. The van der Waals surface area contributed by atoms with Crippen molar-refractivity contribution < 1.29 is 26.4 Å². The molecule has 180 valence electrons. The number of benzene rings is 2. The second kappa shape index (κ2) is 9.59. The van der Waals surface area contributed by atoms with Crippen LogP contribution in [0.5, 0.6) is 0 Å². The lowest BCUT2D eigenvalue weighted by atomic mass is 10.2. The standard InChI is InChI=1S/C23H23F3N4O3S/c24-23(25,26)21-19(16-28-30(21)18-10-3-1-4-11-18)22(31)27-15-17-9-5-6-12-20(17)34(32,33)29-13-7-2-8-14-29/h1,3-6,9-12,16H,2,7-8,13-15H2,(H,27,31). The highest BCUT2D eigenvalue weighted by Gasteiger charge is 2.40. The van der Waals surface area contributed by atoms with Crippen LogP contribution in [-0.4, -0.2) is 41.5 Å². The highest BCUT2D eigenvalue weighted by Crippen LogP contribution is 2.33. The topological polar surface area (TPSA) is 84.3 Å². The Kier molecular flexibility index (Phi) is 6.76. The summed E-state index contributed by atoms with van der Waals surface area (Å²) < 4.78 is 69.9. The first-order valence-electron chi connectivity index (χ1n) is 10.8. The lowest BCUT2D eigenvalue weighted by molar-refractivity contribution is -0.143. The van der Waals surface area contributed by atoms with E-state index in [1.165, 1.54) is 28.6 Å². The van der Waals surface area contributed by atoms with Gasteiger partial charge in [0.1, 0.15) is 0 Å². The summed E-state index contributed by atoms with van der Waals surface area (Å²) in [6.45, 7) is 0.573. The Labute approximate surface area is 195 Å². The van der Waals surface area contributed by atoms with E-state index in [1.807, 2.05) is 0 Å². The lowest BCUT2D eigenvalue weighted by Crippen LogP contribution is -2.36. The average molecular weight is 493 g/mol. The van der Waals surface area contributed by atoms with E-state index in [1.54, 1.807) is 30.3 Å². The lowest BCUT2D eigenvalue weighted by Gasteiger charge is -2.26. The Hall–Kier alpha value is -3.18. The van der Waals surface area contributed by atoms with Gasteiger partial charge in [-0.1, -0.05) is 42.8 Å². The number of halogens is 3. The quantitative estimate of drug-likeness (QED) is 0.564. The normalized spacial score (nSPS) is 15.3. The molecule has 2 heterocycles. The molecule has 1 aromatic heterocycles. The van der Waals surface area contributed by atoms with E-state index in [0.717, 1.165) is 25.5 Å². The molecule has 7 nitrogen and oxygen atoms in total. The van der Waals surface area contributed by atoms with Crippen molar-refractivity contribution in [2.45, 2.75) is 36.9 Å². The third kappa shape index (κ3) is 4.85. The van der Waals surface area contributed by atoms with Crippen molar-refractivity contribution in [3.8, 4) is 5.69 Å². The van der Waals surface area contributed by atoms with Crippen LogP contribution in [0.1, 0.15) is 40.9 Å². The van der Waals surface area contributed by atoms with Gasteiger partial charge in [0.05, 0.1) is 22.3 Å². The largest absolute Gasteiger partial charge is 0.434 e. The number of hydrogen-bond acceptors (Lipinski definition) is 4. The van der Waals surface area contributed by atoms with Crippen molar-refractivity contribution in [3.05, 3.63) is 77.6 Å². The summed E-state index contributed by atoms with van der Waals surface area (Å²) in [6, 6.07) is 13.9. The maximum Gasteiger partial charge on any atom is 0.434 e. The number of alkyl halides is 3. The molecule has 1 N–H and O–H groups in total. The van der Waals surface area contributed by atoms with E-state index in [-0.39, 0.29) is 17.1 Å². The fourth-order valence-electron chi connectivity index (χ4n) is 3.97. The molecule has 0 radical (unpaired) electrons. The molecule has 0 spiro atoms. The molecule has 0 bridgehead atoms. The van der Waals surface area contributed by atoms with Crippen LogP contribution >= 0.6 is 0 Å². The Morgan fingerprint density at radius 3 is 2.29 bits per heavy atom. The molecular weight excluding hydrogens is 469 g/mol. The van der Waals surface area contributed by atoms with Crippen LogP contribution in [0.15, 0.2) is 65.7 Å². The number of hydrogen-bond donors (Lipinski definition) is 1. The predicted octanol–water partition coefficient (Wildman–Crippen LogP) is 4.00. The molecule has 1 aliphatic rings. The molecule has 2 aromatic carbocycles. The molecule has 0 aliphatic carbocycles. The molecule has 0 saturated carbocycles. The Morgan fingerprint density at radius 1 is 0.971 bits per heavy atom. The summed E-state index contributed by atoms with van der Waals surface area (Å²) in [4.78, 5) is 12.8. The van der Waals surface area contributed by atoms with Crippen LogP contribution in [0.4, 0.5) is 13.2 Å². The average Bonchev–Trinajstić information content (AvgIpc) is 3.30. The summed E-state index contributed by atoms with van der Waals surface area (Å²) in [5, 5.41) is 6.21. The first kappa shape index (κ1) is 24.0. The van der Waals surface area contributed by atoms with Crippen LogP contribution in [0.3, 0.4) is 0 Å². The summed E-state index contributed by atoms with van der Waals surface area (Å²) in [5.74, 6) is -1.00. The van der Waals surface area contributed by atoms with Crippen LogP contribution < -0.4 is 5.32 Å². The van der Waals surface area contributed by atoms with E-state index in [4.69, 9.17) is 0 Å². The molecule has 4 rings (SSSR count). The minimum absolute atomic E-state index is 0.0354. The van der Waals surface area contributed by atoms with Crippen LogP contribution in [-0.2, 0) is 22.7 Å². The first-order valence-corrected chi connectivity index (χ1v) is 12.2. The van der Waals surface area contributed by atoms with Gasteiger partial charge in [0, 0.05) is 19.6 Å². The van der Waals surface area contributed by atoms with Crippen LogP contribution in [0.2, 0.25) is 0 Å². The number of piperidine rings is 1. The zero-order valence-electron chi connectivity index (χ0n) is 18.1. The number of carbonyl (C=O) groups is 1. The highest BCUT2D eigenvalue weighted by molar-refractivity contribution is 7.89. The van der Waals surface area contributed by atoms with Crippen molar-refractivity contribution in [2.75, 3.05) is 13.1 Å². The maximum absolute atomic E-state index is 13.9. The Balaban J connectivity index is 1.60. The van der Waals surface area contributed by atoms with Gasteiger partial charge >= 0.3 is 6.18 Å². The minimum atomic E-state index is -4.84. The van der Waals surface area contributed by atoms with Crippen molar-refractivity contribution in [1.82, 2.24) is 19.4 Å². The van der Waals surface area contributed by atoms with Gasteiger partial charge in [-0.3, -0.25) is 4.79 Å². The number of para-hydroxylation sites is 1. The summed E-state index contributed by atoms with van der Waals surface area (Å²) in [6.07, 6.45) is -1.48. The van der Waals surface area contributed by atoms with Crippen LogP contribution in [0, 0.1) is 0 Å². The zero-order chi connectivity index (χ0) is 24.3. The van der Waals surface area contributed by atoms with Gasteiger partial charge in [-0.15, -0.1) is 0 Å². The predicted molar refractivity (Wildman–Crippen MR) is 119 cm³/mol. The maximum atomic E-state index is 13.9. The zero-order valence-corrected chi connectivity index (χ0v) is 18.9. The molecule has 0 atom stereocenters. The second-order valence-electron chi connectivity index (χ2n) is 7.91. The number of amides is 1. The Bertz CT molecular complexity index is 1270. The third-order valence-corrected chi connectivity index (χ3v) is 7.63. The third-order valence-electron chi connectivity index (χ3n) is 5.63. The van der Waals surface area contributed by atoms with Crippen molar-refractivity contribution in [1.29, 1.82) is 0 Å². The fraction of sp³-hybridized carbons (Fsp3) is 0.304. The van der Waals surface area contributed by atoms with Gasteiger partial charge in [0.25, 0.3) is 5.91 Å². The van der Waals surface area contributed by atoms with Crippen LogP contribution in [0.25, 0.3) is 5.69 Å². The van der Waals surface area contributed by atoms with E-state index in [0.29, 0.717) is 23.3 Å².